The van der Waals surface area contributed by atoms with Crippen LogP contribution in [-0.2, 0) is 11.3 Å². The topological polar surface area (TPSA) is 21.3 Å². The SMILES string of the molecule is Fc1ccc(CO[C@H]2CCCNC2)cc1F. The number of hydrogen-bond donors (Lipinski definition) is 1. The third kappa shape index (κ3) is 3.00. The Morgan fingerprint density at radius 2 is 2.19 bits per heavy atom. The maximum atomic E-state index is 12.9. The summed E-state index contributed by atoms with van der Waals surface area (Å²) >= 11 is 0. The van der Waals surface area contributed by atoms with Crippen molar-refractivity contribution in [3.63, 3.8) is 0 Å². The fourth-order valence-electron chi connectivity index (χ4n) is 1.81. The third-order valence-electron chi connectivity index (χ3n) is 2.72. The van der Waals surface area contributed by atoms with Crippen LogP contribution in [0.25, 0.3) is 0 Å². The van der Waals surface area contributed by atoms with Gasteiger partial charge in [-0.1, -0.05) is 6.07 Å². The number of piperidine rings is 1. The Kier molecular flexibility index (Phi) is 3.85. The van der Waals surface area contributed by atoms with Crippen LogP contribution >= 0.6 is 0 Å². The van der Waals surface area contributed by atoms with Gasteiger partial charge in [0.15, 0.2) is 11.6 Å². The number of halogens is 2. The summed E-state index contributed by atoms with van der Waals surface area (Å²) < 4.78 is 31.2. The highest BCUT2D eigenvalue weighted by Crippen LogP contribution is 2.12. The molecule has 0 saturated carbocycles. The molecule has 1 aliphatic heterocycles. The lowest BCUT2D eigenvalue weighted by molar-refractivity contribution is 0.0251. The molecule has 4 heteroatoms. The van der Waals surface area contributed by atoms with Crippen molar-refractivity contribution in [2.45, 2.75) is 25.6 Å². The van der Waals surface area contributed by atoms with Gasteiger partial charge in [0.25, 0.3) is 0 Å². The summed E-state index contributed by atoms with van der Waals surface area (Å²) in [6, 6.07) is 3.87. The maximum absolute atomic E-state index is 12.9. The van der Waals surface area contributed by atoms with E-state index in [9.17, 15) is 8.78 Å². The summed E-state index contributed by atoms with van der Waals surface area (Å²) in [5.74, 6) is -1.63. The first-order valence-corrected chi connectivity index (χ1v) is 5.52. The zero-order valence-corrected chi connectivity index (χ0v) is 9.01. The van der Waals surface area contributed by atoms with Crippen LogP contribution in [0.15, 0.2) is 18.2 Å². The third-order valence-corrected chi connectivity index (χ3v) is 2.72. The molecule has 1 heterocycles. The van der Waals surface area contributed by atoms with E-state index in [1.807, 2.05) is 0 Å². The second kappa shape index (κ2) is 5.37. The Balaban J connectivity index is 1.86. The van der Waals surface area contributed by atoms with Crippen LogP contribution in [0.4, 0.5) is 8.78 Å². The zero-order valence-electron chi connectivity index (χ0n) is 9.01. The molecule has 88 valence electrons. The van der Waals surface area contributed by atoms with Crippen LogP contribution in [0.5, 0.6) is 0 Å². The number of benzene rings is 1. The Bertz CT molecular complexity index is 351. The van der Waals surface area contributed by atoms with Gasteiger partial charge in [-0.05, 0) is 37.1 Å². The highest BCUT2D eigenvalue weighted by Gasteiger charge is 2.13. The Labute approximate surface area is 93.6 Å². The second-order valence-electron chi connectivity index (χ2n) is 4.03. The molecule has 0 aliphatic carbocycles. The van der Waals surface area contributed by atoms with Crippen LogP contribution in [-0.4, -0.2) is 19.2 Å². The first-order chi connectivity index (χ1) is 7.75. The van der Waals surface area contributed by atoms with Crippen LogP contribution in [0.1, 0.15) is 18.4 Å². The van der Waals surface area contributed by atoms with Crippen LogP contribution < -0.4 is 5.32 Å². The van der Waals surface area contributed by atoms with Crippen molar-refractivity contribution in [2.75, 3.05) is 13.1 Å². The molecule has 1 aromatic carbocycles. The average Bonchev–Trinajstić information content (AvgIpc) is 2.32. The van der Waals surface area contributed by atoms with E-state index in [-0.39, 0.29) is 6.10 Å². The van der Waals surface area contributed by atoms with Crippen LogP contribution in [0.2, 0.25) is 0 Å². The first kappa shape index (κ1) is 11.5. The fraction of sp³-hybridized carbons (Fsp3) is 0.500. The largest absolute Gasteiger partial charge is 0.372 e. The number of hydrogen-bond acceptors (Lipinski definition) is 2. The molecule has 0 amide bonds. The van der Waals surface area contributed by atoms with E-state index in [2.05, 4.69) is 5.32 Å². The van der Waals surface area contributed by atoms with Crippen molar-refractivity contribution in [2.24, 2.45) is 0 Å². The summed E-state index contributed by atoms with van der Waals surface area (Å²) in [5, 5.41) is 3.23. The van der Waals surface area contributed by atoms with Crippen molar-refractivity contribution in [1.29, 1.82) is 0 Å². The Morgan fingerprint density at radius 1 is 1.31 bits per heavy atom. The highest BCUT2D eigenvalue weighted by atomic mass is 19.2. The molecule has 1 N–H and O–H groups in total. The summed E-state index contributed by atoms with van der Waals surface area (Å²) in [6.07, 6.45) is 2.31. The number of nitrogens with one attached hydrogen (secondary N) is 1. The molecular formula is C12H15F2NO. The normalized spacial score (nSPS) is 21.0. The minimum Gasteiger partial charge on any atom is -0.372 e. The van der Waals surface area contributed by atoms with Gasteiger partial charge in [0.1, 0.15) is 0 Å². The molecule has 1 atom stereocenters. The van der Waals surface area contributed by atoms with Gasteiger partial charge < -0.3 is 10.1 Å². The second-order valence-corrected chi connectivity index (χ2v) is 4.03. The van der Waals surface area contributed by atoms with E-state index >= 15 is 0 Å². The van der Waals surface area contributed by atoms with E-state index in [1.54, 1.807) is 6.07 Å². The molecule has 16 heavy (non-hydrogen) atoms. The van der Waals surface area contributed by atoms with Gasteiger partial charge >= 0.3 is 0 Å². The van der Waals surface area contributed by atoms with Gasteiger partial charge in [-0.15, -0.1) is 0 Å². The van der Waals surface area contributed by atoms with E-state index in [0.29, 0.717) is 12.2 Å². The molecule has 1 aliphatic rings. The predicted octanol–water partition coefficient (Wildman–Crippen LogP) is 2.23. The fourth-order valence-corrected chi connectivity index (χ4v) is 1.81. The van der Waals surface area contributed by atoms with Gasteiger partial charge in [0, 0.05) is 6.54 Å². The lowest BCUT2D eigenvalue weighted by Crippen LogP contribution is -2.35. The van der Waals surface area contributed by atoms with Crippen molar-refractivity contribution < 1.29 is 13.5 Å². The Hall–Kier alpha value is -1.00. The predicted molar refractivity (Wildman–Crippen MR) is 57.0 cm³/mol. The smallest absolute Gasteiger partial charge is 0.159 e. The van der Waals surface area contributed by atoms with E-state index in [4.69, 9.17) is 4.74 Å². The van der Waals surface area contributed by atoms with E-state index in [1.165, 1.54) is 6.07 Å². The molecule has 1 fully saturated rings. The van der Waals surface area contributed by atoms with Gasteiger partial charge in [-0.2, -0.15) is 0 Å². The molecule has 0 unspecified atom stereocenters. The summed E-state index contributed by atoms with van der Waals surface area (Å²) in [6.45, 7) is 2.21. The number of ether oxygens (including phenoxy) is 1. The molecule has 0 aromatic heterocycles. The van der Waals surface area contributed by atoms with E-state index < -0.39 is 11.6 Å². The molecule has 1 aromatic rings. The van der Waals surface area contributed by atoms with Crippen molar-refractivity contribution in [3.05, 3.63) is 35.4 Å². The molecule has 0 radical (unpaired) electrons. The minimum atomic E-state index is -0.817. The molecule has 1 saturated heterocycles. The maximum Gasteiger partial charge on any atom is 0.159 e. The molecule has 0 spiro atoms. The van der Waals surface area contributed by atoms with E-state index in [0.717, 1.165) is 32.0 Å². The lowest BCUT2D eigenvalue weighted by Gasteiger charge is -2.23. The van der Waals surface area contributed by atoms with Crippen molar-refractivity contribution in [3.8, 4) is 0 Å². The van der Waals surface area contributed by atoms with Gasteiger partial charge in [0.2, 0.25) is 0 Å². The van der Waals surface area contributed by atoms with Gasteiger partial charge in [-0.3, -0.25) is 0 Å². The standard InChI is InChI=1S/C12H15F2NO/c13-11-4-3-9(6-12(11)14)8-16-10-2-1-5-15-7-10/h3-4,6,10,15H,1-2,5,7-8H2/t10-/m0/s1. The van der Waals surface area contributed by atoms with Gasteiger partial charge in [-0.25, -0.2) is 8.78 Å². The molecule has 0 bridgehead atoms. The van der Waals surface area contributed by atoms with Crippen LogP contribution in [0, 0.1) is 11.6 Å². The number of rotatable bonds is 3. The van der Waals surface area contributed by atoms with Crippen molar-refractivity contribution in [1.82, 2.24) is 5.32 Å². The van der Waals surface area contributed by atoms with Crippen LogP contribution in [0.3, 0.4) is 0 Å². The summed E-state index contributed by atoms with van der Waals surface area (Å²) in [4.78, 5) is 0. The highest BCUT2D eigenvalue weighted by molar-refractivity contribution is 5.16. The first-order valence-electron chi connectivity index (χ1n) is 5.52. The average molecular weight is 227 g/mol. The summed E-state index contributed by atoms with van der Waals surface area (Å²) in [5.41, 5.74) is 0.671. The monoisotopic (exact) mass is 227 g/mol. The molecule has 2 rings (SSSR count). The molecular weight excluding hydrogens is 212 g/mol. The Morgan fingerprint density at radius 3 is 2.88 bits per heavy atom. The van der Waals surface area contributed by atoms with Crippen molar-refractivity contribution >= 4 is 0 Å². The van der Waals surface area contributed by atoms with Gasteiger partial charge in [0.05, 0.1) is 12.7 Å². The summed E-state index contributed by atoms with van der Waals surface area (Å²) in [7, 11) is 0. The molecule has 2 nitrogen and oxygen atoms in total. The quantitative estimate of drug-likeness (QED) is 0.855. The zero-order chi connectivity index (χ0) is 11.4. The lowest BCUT2D eigenvalue weighted by atomic mass is 10.1. The minimum absolute atomic E-state index is 0.182.